The lowest BCUT2D eigenvalue weighted by Crippen LogP contribution is -2.47. The van der Waals surface area contributed by atoms with Crippen LogP contribution < -0.4 is 10.1 Å². The molecule has 154 valence electrons. The Kier molecular flexibility index (Phi) is 4.82. The van der Waals surface area contributed by atoms with E-state index >= 15 is 0 Å². The molecule has 2 aromatic rings. The van der Waals surface area contributed by atoms with E-state index in [4.69, 9.17) is 9.47 Å². The van der Waals surface area contributed by atoms with Crippen LogP contribution in [0.4, 0.5) is 10.5 Å². The molecule has 10 heteroatoms. The van der Waals surface area contributed by atoms with Crippen LogP contribution in [0.15, 0.2) is 48.5 Å². The molecule has 30 heavy (non-hydrogen) atoms. The SMILES string of the molecule is O=C(CN1C(=O)N[C@@]2(CCOc3ccccc32)C1=O)OCc1ccc([N+](=O)[O-])cc1. The maximum atomic E-state index is 13.1. The molecule has 1 N–H and O–H groups in total. The highest BCUT2D eigenvalue weighted by molar-refractivity contribution is 6.09. The second-order valence-electron chi connectivity index (χ2n) is 6.91. The number of esters is 1. The van der Waals surface area contributed by atoms with Crippen molar-refractivity contribution in [3.05, 3.63) is 69.8 Å². The third-order valence-electron chi connectivity index (χ3n) is 5.09. The Balaban J connectivity index is 1.43. The average molecular weight is 411 g/mol. The van der Waals surface area contributed by atoms with Crippen LogP contribution in [0.1, 0.15) is 17.5 Å². The molecule has 10 nitrogen and oxygen atoms in total. The summed E-state index contributed by atoms with van der Waals surface area (Å²) in [7, 11) is 0. The van der Waals surface area contributed by atoms with Crippen molar-refractivity contribution >= 4 is 23.6 Å². The van der Waals surface area contributed by atoms with E-state index in [1.165, 1.54) is 24.3 Å². The molecule has 0 aliphatic carbocycles. The van der Waals surface area contributed by atoms with Crippen LogP contribution in [-0.4, -0.2) is 40.9 Å². The van der Waals surface area contributed by atoms with Crippen molar-refractivity contribution in [3.8, 4) is 5.75 Å². The van der Waals surface area contributed by atoms with Crippen LogP contribution in [0.5, 0.6) is 5.75 Å². The summed E-state index contributed by atoms with van der Waals surface area (Å²) in [6.07, 6.45) is 0.253. The Hall–Kier alpha value is -3.95. The van der Waals surface area contributed by atoms with Gasteiger partial charge in [0.1, 0.15) is 18.9 Å². The highest BCUT2D eigenvalue weighted by atomic mass is 16.6. The first-order valence-corrected chi connectivity index (χ1v) is 9.16. The van der Waals surface area contributed by atoms with Crippen molar-refractivity contribution in [2.75, 3.05) is 13.2 Å². The summed E-state index contributed by atoms with van der Waals surface area (Å²) < 4.78 is 10.7. The summed E-state index contributed by atoms with van der Waals surface area (Å²) in [4.78, 5) is 48.7. The first-order valence-electron chi connectivity index (χ1n) is 9.16. The van der Waals surface area contributed by atoms with Crippen LogP contribution in [0.3, 0.4) is 0 Å². The fraction of sp³-hybridized carbons (Fsp3) is 0.250. The number of para-hydroxylation sites is 1. The molecule has 4 rings (SSSR count). The Morgan fingerprint density at radius 3 is 2.67 bits per heavy atom. The van der Waals surface area contributed by atoms with Crippen molar-refractivity contribution in [3.63, 3.8) is 0 Å². The number of hydrogen-bond donors (Lipinski definition) is 1. The van der Waals surface area contributed by atoms with E-state index in [1.54, 1.807) is 24.3 Å². The van der Waals surface area contributed by atoms with Crippen LogP contribution in [-0.2, 0) is 26.5 Å². The minimum absolute atomic E-state index is 0.0774. The number of rotatable bonds is 5. The van der Waals surface area contributed by atoms with Gasteiger partial charge >= 0.3 is 12.0 Å². The maximum absolute atomic E-state index is 13.1. The van der Waals surface area contributed by atoms with Gasteiger partial charge in [-0.2, -0.15) is 0 Å². The molecule has 0 saturated carbocycles. The number of ether oxygens (including phenoxy) is 2. The summed E-state index contributed by atoms with van der Waals surface area (Å²) >= 11 is 0. The van der Waals surface area contributed by atoms with Gasteiger partial charge in [0, 0.05) is 24.1 Å². The van der Waals surface area contributed by atoms with Gasteiger partial charge in [-0.25, -0.2) is 4.79 Å². The Morgan fingerprint density at radius 2 is 1.93 bits per heavy atom. The summed E-state index contributed by atoms with van der Waals surface area (Å²) in [5.41, 5.74) is -0.242. The zero-order valence-electron chi connectivity index (χ0n) is 15.7. The largest absolute Gasteiger partial charge is 0.493 e. The summed E-state index contributed by atoms with van der Waals surface area (Å²) in [5.74, 6) is -0.787. The third kappa shape index (κ3) is 3.32. The van der Waals surface area contributed by atoms with Crippen LogP contribution in [0.2, 0.25) is 0 Å². The molecule has 1 fully saturated rings. The number of carbonyl (C=O) groups excluding carboxylic acids is 3. The number of nitrogens with one attached hydrogen (secondary N) is 1. The van der Waals surface area contributed by atoms with Gasteiger partial charge in [-0.3, -0.25) is 24.6 Å². The van der Waals surface area contributed by atoms with Gasteiger partial charge in [-0.15, -0.1) is 0 Å². The monoisotopic (exact) mass is 411 g/mol. The standard InChI is InChI=1S/C20H17N3O7/c24-17(30-12-13-5-7-14(8-6-13)23(27)28)11-22-18(25)20(21-19(22)26)9-10-29-16-4-2-1-3-15(16)20/h1-8H,9-12H2,(H,21,26)/t20-/m1/s1. The zero-order valence-corrected chi connectivity index (χ0v) is 15.7. The lowest BCUT2D eigenvalue weighted by molar-refractivity contribution is -0.384. The first-order chi connectivity index (χ1) is 14.4. The number of urea groups is 1. The summed E-state index contributed by atoms with van der Waals surface area (Å²) in [5, 5.41) is 13.4. The van der Waals surface area contributed by atoms with E-state index in [0.29, 0.717) is 16.9 Å². The van der Waals surface area contributed by atoms with Crippen molar-refractivity contribution in [1.29, 1.82) is 0 Å². The molecule has 2 aliphatic rings. The smallest absolute Gasteiger partial charge is 0.326 e. The Morgan fingerprint density at radius 1 is 1.20 bits per heavy atom. The molecular weight excluding hydrogens is 394 g/mol. The maximum Gasteiger partial charge on any atom is 0.326 e. The van der Waals surface area contributed by atoms with Crippen molar-refractivity contribution < 1.29 is 28.8 Å². The van der Waals surface area contributed by atoms with Gasteiger partial charge in [0.2, 0.25) is 0 Å². The van der Waals surface area contributed by atoms with E-state index in [0.717, 1.165) is 4.90 Å². The molecule has 2 aliphatic heterocycles. The molecule has 0 aromatic heterocycles. The van der Waals surface area contributed by atoms with Gasteiger partial charge in [0.15, 0.2) is 5.54 Å². The minimum Gasteiger partial charge on any atom is -0.493 e. The average Bonchev–Trinajstić information content (AvgIpc) is 2.97. The van der Waals surface area contributed by atoms with E-state index in [1.807, 2.05) is 0 Å². The highest BCUT2D eigenvalue weighted by Gasteiger charge is 2.55. The quantitative estimate of drug-likeness (QED) is 0.344. The highest BCUT2D eigenvalue weighted by Crippen LogP contribution is 2.40. The van der Waals surface area contributed by atoms with E-state index in [9.17, 15) is 24.5 Å². The predicted molar refractivity (Wildman–Crippen MR) is 101 cm³/mol. The number of nitro groups is 1. The second kappa shape index (κ2) is 7.47. The summed E-state index contributed by atoms with van der Waals surface area (Å²) in [6.45, 7) is -0.424. The minimum atomic E-state index is -1.26. The third-order valence-corrected chi connectivity index (χ3v) is 5.09. The molecule has 2 aromatic carbocycles. The number of hydrogen-bond acceptors (Lipinski definition) is 7. The number of imide groups is 1. The Labute approximate surface area is 170 Å². The van der Waals surface area contributed by atoms with Crippen molar-refractivity contribution in [2.24, 2.45) is 0 Å². The normalized spacial score (nSPS) is 19.8. The number of nitrogens with zero attached hydrogens (tertiary/aromatic N) is 2. The molecule has 1 atom stereocenters. The molecule has 0 radical (unpaired) electrons. The number of amides is 3. The molecule has 0 unspecified atom stereocenters. The topological polar surface area (TPSA) is 128 Å². The zero-order chi connectivity index (χ0) is 21.3. The fourth-order valence-corrected chi connectivity index (χ4v) is 3.57. The lowest BCUT2D eigenvalue weighted by atomic mass is 9.84. The molecule has 1 saturated heterocycles. The lowest BCUT2D eigenvalue weighted by Gasteiger charge is -2.33. The molecule has 1 spiro atoms. The van der Waals surface area contributed by atoms with Crippen LogP contribution >= 0.6 is 0 Å². The summed E-state index contributed by atoms with van der Waals surface area (Å²) in [6, 6.07) is 11.8. The van der Waals surface area contributed by atoms with Gasteiger partial charge < -0.3 is 14.8 Å². The van der Waals surface area contributed by atoms with E-state index < -0.39 is 34.9 Å². The number of fused-ring (bicyclic) bond motifs is 2. The predicted octanol–water partition coefficient (Wildman–Crippen LogP) is 1.87. The number of benzene rings is 2. The number of carbonyl (C=O) groups is 3. The molecular formula is C20H17N3O7. The van der Waals surface area contributed by atoms with Crippen molar-refractivity contribution in [1.82, 2.24) is 10.2 Å². The molecule has 2 heterocycles. The number of nitro benzene ring substituents is 1. The second-order valence-corrected chi connectivity index (χ2v) is 6.91. The Bertz CT molecular complexity index is 1040. The molecule has 3 amide bonds. The first kappa shape index (κ1) is 19.4. The number of non-ortho nitro benzene ring substituents is 1. The van der Waals surface area contributed by atoms with Gasteiger partial charge in [-0.05, 0) is 23.8 Å². The van der Waals surface area contributed by atoms with Gasteiger partial charge in [0.05, 0.1) is 11.5 Å². The van der Waals surface area contributed by atoms with Crippen molar-refractivity contribution in [2.45, 2.75) is 18.6 Å². The van der Waals surface area contributed by atoms with Gasteiger partial charge in [-0.1, -0.05) is 18.2 Å². The fourth-order valence-electron chi connectivity index (χ4n) is 3.57. The van der Waals surface area contributed by atoms with Gasteiger partial charge in [0.25, 0.3) is 11.6 Å². The molecule has 0 bridgehead atoms. The van der Waals surface area contributed by atoms with Crippen LogP contribution in [0, 0.1) is 10.1 Å². The van der Waals surface area contributed by atoms with E-state index in [-0.39, 0.29) is 25.3 Å². The van der Waals surface area contributed by atoms with Crippen LogP contribution in [0.25, 0.3) is 0 Å². The van der Waals surface area contributed by atoms with E-state index in [2.05, 4.69) is 5.32 Å².